The number of carbonyl (C=O) groups excluding carboxylic acids is 1. The Hall–Kier alpha value is -4.54. The molecule has 0 spiro atoms. The summed E-state index contributed by atoms with van der Waals surface area (Å²) in [5, 5.41) is 7.30. The van der Waals surface area contributed by atoms with E-state index < -0.39 is 0 Å². The van der Waals surface area contributed by atoms with Crippen LogP contribution >= 0.6 is 23.2 Å². The van der Waals surface area contributed by atoms with Crippen molar-refractivity contribution < 1.29 is 19.0 Å². The van der Waals surface area contributed by atoms with Crippen molar-refractivity contribution in [1.29, 1.82) is 0 Å². The van der Waals surface area contributed by atoms with Gasteiger partial charge in [0.2, 0.25) is 11.9 Å². The number of nitrogens with one attached hydrogen (secondary N) is 2. The molecular formula is C28H24Cl2N6O4. The van der Waals surface area contributed by atoms with Gasteiger partial charge >= 0.3 is 0 Å². The first-order chi connectivity index (χ1) is 19.4. The number of amides is 1. The number of imidazole rings is 1. The fourth-order valence-electron chi connectivity index (χ4n) is 4.23. The quantitative estimate of drug-likeness (QED) is 0.190. The Morgan fingerprint density at radius 1 is 1.05 bits per heavy atom. The van der Waals surface area contributed by atoms with E-state index in [4.69, 9.17) is 42.4 Å². The molecule has 3 aromatic heterocycles. The number of fused-ring (bicyclic) bond motifs is 3. The van der Waals surface area contributed by atoms with Gasteiger partial charge in [0.05, 0.1) is 42.2 Å². The van der Waals surface area contributed by atoms with E-state index in [1.165, 1.54) is 20.3 Å². The van der Waals surface area contributed by atoms with Crippen molar-refractivity contribution in [2.24, 2.45) is 0 Å². The largest absolute Gasteiger partial charge is 0.495 e. The van der Waals surface area contributed by atoms with Gasteiger partial charge in [-0.15, -0.1) is 0 Å². The van der Waals surface area contributed by atoms with E-state index in [1.807, 2.05) is 17.4 Å². The molecule has 10 nitrogen and oxygen atoms in total. The lowest BCUT2D eigenvalue weighted by molar-refractivity contribution is -0.111. The average Bonchev–Trinajstić information content (AvgIpc) is 3.45. The molecule has 0 saturated heterocycles. The van der Waals surface area contributed by atoms with Gasteiger partial charge in [0.1, 0.15) is 22.9 Å². The van der Waals surface area contributed by atoms with E-state index >= 15 is 0 Å². The van der Waals surface area contributed by atoms with Gasteiger partial charge in [-0.2, -0.15) is 4.98 Å². The molecule has 0 saturated carbocycles. The molecule has 0 aliphatic heterocycles. The van der Waals surface area contributed by atoms with Gasteiger partial charge in [-0.3, -0.25) is 9.20 Å². The number of ether oxygens (including phenoxy) is 3. The van der Waals surface area contributed by atoms with E-state index in [0.29, 0.717) is 79.0 Å². The minimum atomic E-state index is -0.365. The van der Waals surface area contributed by atoms with Crippen LogP contribution in [0.4, 0.5) is 17.3 Å². The highest BCUT2D eigenvalue weighted by atomic mass is 35.5. The van der Waals surface area contributed by atoms with Gasteiger partial charge in [0.15, 0.2) is 5.65 Å². The third-order valence-corrected chi connectivity index (χ3v) is 6.79. The van der Waals surface area contributed by atoms with Crippen molar-refractivity contribution in [3.8, 4) is 28.4 Å². The maximum Gasteiger partial charge on any atom is 0.247 e. The topological polar surface area (TPSA) is 112 Å². The molecule has 0 unspecified atom stereocenters. The second-order valence-electron chi connectivity index (χ2n) is 8.39. The fraction of sp³-hybridized carbons (Fsp3) is 0.143. The van der Waals surface area contributed by atoms with E-state index in [-0.39, 0.29) is 5.91 Å². The smallest absolute Gasteiger partial charge is 0.247 e. The molecule has 2 aromatic carbocycles. The molecule has 5 rings (SSSR count). The third-order valence-electron chi connectivity index (χ3n) is 6.04. The van der Waals surface area contributed by atoms with Crippen LogP contribution in [0, 0.1) is 0 Å². The maximum atomic E-state index is 12.1. The highest BCUT2D eigenvalue weighted by molar-refractivity contribution is 6.41. The summed E-state index contributed by atoms with van der Waals surface area (Å²) < 4.78 is 18.3. The van der Waals surface area contributed by atoms with Crippen molar-refractivity contribution in [1.82, 2.24) is 19.4 Å². The minimum absolute atomic E-state index is 0.299. The zero-order chi connectivity index (χ0) is 28.4. The molecule has 40 heavy (non-hydrogen) atoms. The normalized spacial score (nSPS) is 10.9. The Bertz CT molecular complexity index is 1740. The van der Waals surface area contributed by atoms with E-state index in [2.05, 4.69) is 27.2 Å². The first-order valence-electron chi connectivity index (χ1n) is 12.1. The lowest BCUT2D eigenvalue weighted by Gasteiger charge is -2.16. The van der Waals surface area contributed by atoms with Gasteiger partial charge < -0.3 is 24.8 Å². The standard InChI is InChI=1S/C28H24Cl2N6O4/c1-5-22(37)33-19-12-16(40-6-2)7-8-18(19)34-28-32-14-15-11-17(27-31-9-10-36(27)26(15)35-28)23-24(29)20(38-3)13-21(39-4)25(23)30/h5,7-14H,1,6H2,2-4H3,(H,33,37)(H,32,34,35). The van der Waals surface area contributed by atoms with Crippen molar-refractivity contribution in [3.63, 3.8) is 0 Å². The number of rotatable bonds is 9. The number of pyridine rings is 1. The maximum absolute atomic E-state index is 12.1. The monoisotopic (exact) mass is 578 g/mol. The number of hydrogen-bond donors (Lipinski definition) is 2. The molecule has 2 N–H and O–H groups in total. The Morgan fingerprint density at radius 3 is 2.48 bits per heavy atom. The van der Waals surface area contributed by atoms with Gasteiger partial charge in [0.25, 0.3) is 0 Å². The SMILES string of the molecule is C=CC(=O)Nc1cc(OCC)ccc1Nc1ncc2cc(-c3c(Cl)c(OC)cc(OC)c3Cl)c3nccn3c2n1. The van der Waals surface area contributed by atoms with Crippen molar-refractivity contribution in [3.05, 3.63) is 71.6 Å². The molecular weight excluding hydrogens is 555 g/mol. The second-order valence-corrected chi connectivity index (χ2v) is 9.15. The summed E-state index contributed by atoms with van der Waals surface area (Å²) >= 11 is 13.4. The first kappa shape index (κ1) is 27.0. The van der Waals surface area contributed by atoms with Crippen LogP contribution in [0.15, 0.2) is 61.6 Å². The predicted octanol–water partition coefficient (Wildman–Crippen LogP) is 6.54. The number of nitrogens with zero attached hydrogens (tertiary/aromatic N) is 4. The molecule has 5 aromatic rings. The van der Waals surface area contributed by atoms with Crippen LogP contribution in [0.25, 0.3) is 27.8 Å². The number of hydrogen-bond acceptors (Lipinski definition) is 8. The Labute approximate surface area is 239 Å². The molecule has 1 amide bonds. The van der Waals surface area contributed by atoms with Crippen molar-refractivity contribution in [2.45, 2.75) is 6.92 Å². The number of halogens is 2. The van der Waals surface area contributed by atoms with Crippen LogP contribution < -0.4 is 24.8 Å². The summed E-state index contributed by atoms with van der Waals surface area (Å²) in [6, 6.07) is 8.76. The summed E-state index contributed by atoms with van der Waals surface area (Å²) in [7, 11) is 3.04. The lowest BCUT2D eigenvalue weighted by Crippen LogP contribution is -2.10. The zero-order valence-corrected chi connectivity index (χ0v) is 23.3. The van der Waals surface area contributed by atoms with E-state index in [0.717, 1.165) is 0 Å². The third kappa shape index (κ3) is 4.94. The van der Waals surface area contributed by atoms with Gasteiger partial charge in [-0.25, -0.2) is 9.97 Å². The van der Waals surface area contributed by atoms with Gasteiger partial charge in [-0.05, 0) is 31.2 Å². The van der Waals surface area contributed by atoms with Crippen LogP contribution in [0.3, 0.4) is 0 Å². The summed E-state index contributed by atoms with van der Waals surface area (Å²) in [4.78, 5) is 25.8. The number of methoxy groups -OCH3 is 2. The van der Waals surface area contributed by atoms with Crippen LogP contribution in [0.5, 0.6) is 17.2 Å². The number of anilines is 3. The number of carbonyl (C=O) groups is 1. The molecule has 12 heteroatoms. The highest BCUT2D eigenvalue weighted by Gasteiger charge is 2.22. The first-order valence-corrected chi connectivity index (χ1v) is 12.8. The molecule has 204 valence electrons. The molecule has 0 atom stereocenters. The fourth-order valence-corrected chi connectivity index (χ4v) is 4.94. The van der Waals surface area contributed by atoms with E-state index in [9.17, 15) is 4.79 Å². The van der Waals surface area contributed by atoms with Gasteiger partial charge in [-0.1, -0.05) is 29.8 Å². The van der Waals surface area contributed by atoms with Crippen LogP contribution in [0.1, 0.15) is 6.92 Å². The van der Waals surface area contributed by atoms with Crippen LogP contribution in [0.2, 0.25) is 10.0 Å². The zero-order valence-electron chi connectivity index (χ0n) is 21.8. The summed E-state index contributed by atoms with van der Waals surface area (Å²) in [5.74, 6) is 1.36. The Balaban J connectivity index is 1.62. The summed E-state index contributed by atoms with van der Waals surface area (Å²) in [6.07, 6.45) is 6.29. The summed E-state index contributed by atoms with van der Waals surface area (Å²) in [6.45, 7) is 5.88. The minimum Gasteiger partial charge on any atom is -0.495 e. The molecule has 0 aliphatic rings. The average molecular weight is 579 g/mol. The molecule has 3 heterocycles. The van der Waals surface area contributed by atoms with Crippen LogP contribution in [-0.4, -0.2) is 46.1 Å². The van der Waals surface area contributed by atoms with Crippen LogP contribution in [-0.2, 0) is 4.79 Å². The Morgan fingerprint density at radius 2 is 1.80 bits per heavy atom. The highest BCUT2D eigenvalue weighted by Crippen LogP contribution is 2.47. The molecule has 0 bridgehead atoms. The lowest BCUT2D eigenvalue weighted by atomic mass is 10.0. The number of benzene rings is 2. The molecule has 0 fully saturated rings. The van der Waals surface area contributed by atoms with Crippen molar-refractivity contribution in [2.75, 3.05) is 31.5 Å². The summed E-state index contributed by atoms with van der Waals surface area (Å²) in [5.41, 5.74) is 3.36. The second kappa shape index (κ2) is 11.3. The van der Waals surface area contributed by atoms with Gasteiger partial charge in [0, 0.05) is 47.2 Å². The van der Waals surface area contributed by atoms with Crippen molar-refractivity contribution >= 4 is 63.1 Å². The van der Waals surface area contributed by atoms with E-state index in [1.54, 1.807) is 42.9 Å². The molecule has 0 aliphatic carbocycles. The predicted molar refractivity (Wildman–Crippen MR) is 157 cm³/mol. The molecule has 0 radical (unpaired) electrons. The Kier molecular flexibility index (Phi) is 7.63. The number of aromatic nitrogens is 4.